The van der Waals surface area contributed by atoms with E-state index in [1.165, 1.54) is 39.4 Å². The number of benzene rings is 2. The fourth-order valence-electron chi connectivity index (χ4n) is 3.14. The zero-order valence-electron chi connectivity index (χ0n) is 17.0. The normalized spacial score (nSPS) is 14.6. The molecule has 1 aliphatic heterocycles. The number of nitrogens with zero attached hydrogens (tertiary/aromatic N) is 2. The minimum Gasteiger partial charge on any atom is -0.495 e. The van der Waals surface area contributed by atoms with Crippen LogP contribution in [0, 0.1) is 0 Å². The van der Waals surface area contributed by atoms with Crippen molar-refractivity contribution in [3.05, 3.63) is 47.0 Å². The molecule has 1 heterocycles. The summed E-state index contributed by atoms with van der Waals surface area (Å²) in [5, 5.41) is 3.37. The van der Waals surface area contributed by atoms with Gasteiger partial charge in [0, 0.05) is 32.7 Å². The van der Waals surface area contributed by atoms with Gasteiger partial charge < -0.3 is 19.7 Å². The van der Waals surface area contributed by atoms with Crippen LogP contribution in [0.3, 0.4) is 0 Å². The predicted octanol–water partition coefficient (Wildman–Crippen LogP) is 2.69. The third kappa shape index (κ3) is 4.54. The van der Waals surface area contributed by atoms with Gasteiger partial charge in [-0.05, 0) is 30.3 Å². The van der Waals surface area contributed by atoms with Gasteiger partial charge in [-0.15, -0.1) is 0 Å². The van der Waals surface area contributed by atoms with E-state index < -0.39 is 15.9 Å². The molecule has 0 spiro atoms. The van der Waals surface area contributed by atoms with Gasteiger partial charge in [0.1, 0.15) is 10.6 Å². The Labute approximate surface area is 181 Å². The first-order valence-corrected chi connectivity index (χ1v) is 11.1. The molecule has 0 radical (unpaired) electrons. The number of nitrogens with one attached hydrogen (secondary N) is 1. The zero-order chi connectivity index (χ0) is 21.9. The Hall–Kier alpha value is -2.33. The first-order chi connectivity index (χ1) is 14.3. The molecule has 1 aliphatic rings. The fourth-order valence-corrected chi connectivity index (χ4v) is 4.50. The maximum atomic E-state index is 13.0. The average Bonchev–Trinajstić information content (AvgIpc) is 2.73. The Morgan fingerprint density at radius 3 is 2.53 bits per heavy atom. The van der Waals surface area contributed by atoms with Crippen LogP contribution in [0.2, 0.25) is 5.02 Å². The minimum atomic E-state index is -3.80. The topological polar surface area (TPSA) is 88.2 Å². The number of halogens is 1. The van der Waals surface area contributed by atoms with Crippen LogP contribution in [0.1, 0.15) is 10.4 Å². The Morgan fingerprint density at radius 1 is 1.20 bits per heavy atom. The highest BCUT2D eigenvalue weighted by atomic mass is 35.5. The number of morpholine rings is 1. The van der Waals surface area contributed by atoms with E-state index in [-0.39, 0.29) is 16.2 Å². The van der Waals surface area contributed by atoms with Crippen LogP contribution in [-0.2, 0) is 14.8 Å². The Kier molecular flexibility index (Phi) is 6.87. The molecule has 0 bridgehead atoms. The summed E-state index contributed by atoms with van der Waals surface area (Å²) in [6.45, 7) is 2.45. The van der Waals surface area contributed by atoms with E-state index in [1.54, 1.807) is 18.2 Å². The van der Waals surface area contributed by atoms with E-state index in [1.807, 2.05) is 0 Å². The molecular formula is C20H24ClN3O5S. The predicted molar refractivity (Wildman–Crippen MR) is 116 cm³/mol. The molecule has 0 atom stereocenters. The molecule has 3 rings (SSSR count). The Balaban J connectivity index is 1.95. The summed E-state index contributed by atoms with van der Waals surface area (Å²) >= 11 is 6.42. The SMILES string of the molecule is COc1ccc(C(=O)Nc2cccc(Cl)c2N2CCOCC2)cc1S(=O)(=O)N(C)C. The number of hydrogen-bond acceptors (Lipinski definition) is 6. The quantitative estimate of drug-likeness (QED) is 0.723. The van der Waals surface area contributed by atoms with Crippen LogP contribution in [-0.4, -0.2) is 66.1 Å². The van der Waals surface area contributed by atoms with Crippen molar-refractivity contribution in [1.82, 2.24) is 4.31 Å². The van der Waals surface area contributed by atoms with E-state index in [4.69, 9.17) is 21.1 Å². The average molecular weight is 454 g/mol. The monoisotopic (exact) mass is 453 g/mol. The van der Waals surface area contributed by atoms with Gasteiger partial charge in [0.2, 0.25) is 10.0 Å². The molecule has 1 amide bonds. The number of methoxy groups -OCH3 is 1. The summed E-state index contributed by atoms with van der Waals surface area (Å²) < 4.78 is 36.9. The highest BCUT2D eigenvalue weighted by molar-refractivity contribution is 7.89. The van der Waals surface area contributed by atoms with E-state index >= 15 is 0 Å². The maximum Gasteiger partial charge on any atom is 0.255 e. The van der Waals surface area contributed by atoms with Crippen molar-refractivity contribution in [3.63, 3.8) is 0 Å². The van der Waals surface area contributed by atoms with Crippen molar-refractivity contribution < 1.29 is 22.7 Å². The lowest BCUT2D eigenvalue weighted by Gasteiger charge is -2.31. The highest BCUT2D eigenvalue weighted by Gasteiger charge is 2.25. The fraction of sp³-hybridized carbons (Fsp3) is 0.350. The maximum absolute atomic E-state index is 13.0. The second-order valence-electron chi connectivity index (χ2n) is 6.84. The molecule has 1 saturated heterocycles. The molecule has 0 aliphatic carbocycles. The molecule has 1 fully saturated rings. The second-order valence-corrected chi connectivity index (χ2v) is 9.37. The number of carbonyl (C=O) groups is 1. The summed E-state index contributed by atoms with van der Waals surface area (Å²) in [5.74, 6) is -0.290. The van der Waals surface area contributed by atoms with Crippen LogP contribution < -0.4 is 15.0 Å². The Bertz CT molecular complexity index is 1040. The van der Waals surface area contributed by atoms with Gasteiger partial charge in [-0.25, -0.2) is 12.7 Å². The van der Waals surface area contributed by atoms with Gasteiger partial charge in [0.25, 0.3) is 5.91 Å². The van der Waals surface area contributed by atoms with Crippen molar-refractivity contribution in [1.29, 1.82) is 0 Å². The van der Waals surface area contributed by atoms with Gasteiger partial charge in [0.15, 0.2) is 0 Å². The minimum absolute atomic E-state index is 0.0813. The molecule has 162 valence electrons. The zero-order valence-corrected chi connectivity index (χ0v) is 18.6. The van der Waals surface area contributed by atoms with E-state index in [2.05, 4.69) is 10.2 Å². The summed E-state index contributed by atoms with van der Waals surface area (Å²) in [6, 6.07) is 9.56. The number of sulfonamides is 1. The van der Waals surface area contributed by atoms with Gasteiger partial charge >= 0.3 is 0 Å². The lowest BCUT2D eigenvalue weighted by molar-refractivity contribution is 0.102. The molecule has 8 nitrogen and oxygen atoms in total. The summed E-state index contributed by atoms with van der Waals surface area (Å²) in [4.78, 5) is 14.9. The standard InChI is InChI=1S/C20H24ClN3O5S/c1-23(2)30(26,27)18-13-14(7-8-17(18)28-3)20(25)22-16-6-4-5-15(21)19(16)24-9-11-29-12-10-24/h4-8,13H,9-12H2,1-3H3,(H,22,25). The van der Waals surface area contributed by atoms with Gasteiger partial charge in [-0.2, -0.15) is 0 Å². The Morgan fingerprint density at radius 2 is 1.90 bits per heavy atom. The molecule has 0 saturated carbocycles. The van der Waals surface area contributed by atoms with Crippen LogP contribution in [0.15, 0.2) is 41.3 Å². The first-order valence-electron chi connectivity index (χ1n) is 9.29. The lowest BCUT2D eigenvalue weighted by Crippen LogP contribution is -2.37. The second kappa shape index (κ2) is 9.22. The largest absolute Gasteiger partial charge is 0.495 e. The van der Waals surface area contributed by atoms with Crippen molar-refractivity contribution in [2.24, 2.45) is 0 Å². The van der Waals surface area contributed by atoms with Crippen LogP contribution in [0.5, 0.6) is 5.75 Å². The number of rotatable bonds is 6. The molecule has 0 aromatic heterocycles. The van der Waals surface area contributed by atoms with E-state index in [9.17, 15) is 13.2 Å². The smallest absolute Gasteiger partial charge is 0.255 e. The molecule has 0 unspecified atom stereocenters. The molecule has 1 N–H and O–H groups in total. The van der Waals surface area contributed by atoms with Gasteiger partial charge in [0.05, 0.1) is 36.7 Å². The van der Waals surface area contributed by atoms with E-state index in [0.29, 0.717) is 42.7 Å². The third-order valence-corrected chi connectivity index (χ3v) is 6.89. The molecule has 2 aromatic carbocycles. The first kappa shape index (κ1) is 22.4. The molecule has 30 heavy (non-hydrogen) atoms. The number of amides is 1. The van der Waals surface area contributed by atoms with Crippen LogP contribution in [0.4, 0.5) is 11.4 Å². The van der Waals surface area contributed by atoms with Crippen molar-refractivity contribution >= 4 is 38.9 Å². The highest BCUT2D eigenvalue weighted by Crippen LogP contribution is 2.35. The summed E-state index contributed by atoms with van der Waals surface area (Å²) in [5.41, 5.74) is 1.44. The van der Waals surface area contributed by atoms with Crippen LogP contribution in [0.25, 0.3) is 0 Å². The number of para-hydroxylation sites is 1. The van der Waals surface area contributed by atoms with Gasteiger partial charge in [-0.3, -0.25) is 4.79 Å². The number of hydrogen-bond donors (Lipinski definition) is 1. The van der Waals surface area contributed by atoms with Gasteiger partial charge in [-0.1, -0.05) is 17.7 Å². The summed E-state index contributed by atoms with van der Waals surface area (Å²) in [6.07, 6.45) is 0. The molecular weight excluding hydrogens is 430 g/mol. The summed E-state index contributed by atoms with van der Waals surface area (Å²) in [7, 11) is 0.421. The lowest BCUT2D eigenvalue weighted by atomic mass is 10.1. The number of anilines is 2. The number of ether oxygens (including phenoxy) is 2. The molecule has 10 heteroatoms. The third-order valence-electron chi connectivity index (χ3n) is 4.75. The van der Waals surface area contributed by atoms with Crippen LogP contribution >= 0.6 is 11.6 Å². The van der Waals surface area contributed by atoms with E-state index in [0.717, 1.165) is 4.31 Å². The van der Waals surface area contributed by atoms with Crippen molar-refractivity contribution in [3.8, 4) is 5.75 Å². The molecule has 2 aromatic rings. The number of carbonyl (C=O) groups excluding carboxylic acids is 1. The van der Waals surface area contributed by atoms with Crippen molar-refractivity contribution in [2.45, 2.75) is 4.90 Å². The van der Waals surface area contributed by atoms with Crippen molar-refractivity contribution in [2.75, 3.05) is 57.7 Å².